The SMILES string of the molecule is CCN(CC#N)C(=O)Cc1c(C)nn(C(F)F)c1C. The number of likely N-dealkylation sites (N-methyl/N-ethyl adjacent to an activating group) is 1. The van der Waals surface area contributed by atoms with Crippen LogP contribution < -0.4 is 0 Å². The van der Waals surface area contributed by atoms with Crippen LogP contribution in [-0.2, 0) is 11.2 Å². The standard InChI is InChI=1S/C12H16F2N4O/c1-4-17(6-5-15)11(19)7-10-8(2)16-18(9(10)3)12(13)14/h12H,4,6-7H2,1-3H3. The van der Waals surface area contributed by atoms with Crippen LogP contribution in [0.4, 0.5) is 8.78 Å². The highest BCUT2D eigenvalue weighted by atomic mass is 19.3. The van der Waals surface area contributed by atoms with Gasteiger partial charge in [0, 0.05) is 17.8 Å². The van der Waals surface area contributed by atoms with Crippen molar-refractivity contribution in [1.82, 2.24) is 14.7 Å². The molecule has 0 unspecified atom stereocenters. The number of rotatable bonds is 5. The monoisotopic (exact) mass is 270 g/mol. The first-order chi connectivity index (χ1) is 8.92. The van der Waals surface area contributed by atoms with Crippen LogP contribution >= 0.6 is 0 Å². The number of amides is 1. The molecule has 19 heavy (non-hydrogen) atoms. The fourth-order valence-corrected chi connectivity index (χ4v) is 1.87. The predicted molar refractivity (Wildman–Crippen MR) is 64.5 cm³/mol. The Morgan fingerprint density at radius 3 is 2.58 bits per heavy atom. The Kier molecular flexibility index (Phi) is 4.98. The normalized spacial score (nSPS) is 10.6. The summed E-state index contributed by atoms with van der Waals surface area (Å²) in [6.45, 7) is 2.55. The molecule has 0 saturated heterocycles. The molecule has 1 amide bonds. The maximum absolute atomic E-state index is 12.7. The number of nitriles is 1. The van der Waals surface area contributed by atoms with Gasteiger partial charge in [-0.2, -0.15) is 19.1 Å². The van der Waals surface area contributed by atoms with Crippen LogP contribution in [0.25, 0.3) is 0 Å². The molecule has 0 aliphatic heterocycles. The van der Waals surface area contributed by atoms with Crippen molar-refractivity contribution in [2.75, 3.05) is 13.1 Å². The van der Waals surface area contributed by atoms with Gasteiger partial charge >= 0.3 is 6.55 Å². The number of aryl methyl sites for hydroxylation is 1. The van der Waals surface area contributed by atoms with Gasteiger partial charge in [-0.15, -0.1) is 0 Å². The van der Waals surface area contributed by atoms with Crippen LogP contribution in [-0.4, -0.2) is 33.7 Å². The molecular formula is C12H16F2N4O. The van der Waals surface area contributed by atoms with Crippen molar-refractivity contribution >= 4 is 5.91 Å². The Labute approximate surface area is 110 Å². The molecule has 1 aromatic heterocycles. The minimum absolute atomic E-state index is 0.00356. The number of carbonyl (C=O) groups excluding carboxylic acids is 1. The molecule has 0 saturated carbocycles. The first-order valence-corrected chi connectivity index (χ1v) is 5.89. The lowest BCUT2D eigenvalue weighted by molar-refractivity contribution is -0.129. The van der Waals surface area contributed by atoms with E-state index in [4.69, 9.17) is 5.26 Å². The van der Waals surface area contributed by atoms with Gasteiger partial charge in [0.25, 0.3) is 0 Å². The van der Waals surface area contributed by atoms with Gasteiger partial charge in [0.15, 0.2) is 0 Å². The summed E-state index contributed by atoms with van der Waals surface area (Å²) in [6.07, 6.45) is -0.0140. The lowest BCUT2D eigenvalue weighted by Gasteiger charge is -2.17. The lowest BCUT2D eigenvalue weighted by atomic mass is 10.1. The van der Waals surface area contributed by atoms with E-state index < -0.39 is 6.55 Å². The Hall–Kier alpha value is -1.97. The molecule has 5 nitrogen and oxygen atoms in total. The van der Waals surface area contributed by atoms with Crippen molar-refractivity contribution in [2.24, 2.45) is 0 Å². The van der Waals surface area contributed by atoms with E-state index in [9.17, 15) is 13.6 Å². The second-order valence-corrected chi connectivity index (χ2v) is 4.11. The summed E-state index contributed by atoms with van der Waals surface area (Å²) in [4.78, 5) is 13.3. The molecule has 7 heteroatoms. The molecule has 1 heterocycles. The van der Waals surface area contributed by atoms with Gasteiger partial charge in [-0.3, -0.25) is 4.79 Å². The largest absolute Gasteiger partial charge is 0.333 e. The molecule has 104 valence electrons. The number of nitrogens with zero attached hydrogens (tertiary/aromatic N) is 4. The topological polar surface area (TPSA) is 61.9 Å². The Balaban J connectivity index is 2.94. The predicted octanol–water partition coefficient (Wildman–Crippen LogP) is 1.81. The second kappa shape index (κ2) is 6.27. The summed E-state index contributed by atoms with van der Waals surface area (Å²) in [5.74, 6) is -0.260. The third-order valence-corrected chi connectivity index (χ3v) is 2.98. The molecule has 0 fully saturated rings. The quantitative estimate of drug-likeness (QED) is 0.766. The summed E-state index contributed by atoms with van der Waals surface area (Å²) in [5.41, 5.74) is 1.20. The summed E-state index contributed by atoms with van der Waals surface area (Å²) >= 11 is 0. The van der Waals surface area contributed by atoms with Crippen LogP contribution in [0.2, 0.25) is 0 Å². The maximum atomic E-state index is 12.7. The Morgan fingerprint density at radius 1 is 1.53 bits per heavy atom. The maximum Gasteiger partial charge on any atom is 0.333 e. The van der Waals surface area contributed by atoms with Crippen molar-refractivity contribution in [1.29, 1.82) is 5.26 Å². The van der Waals surface area contributed by atoms with Gasteiger partial charge in [-0.25, -0.2) is 4.68 Å². The molecule has 1 rings (SSSR count). The van der Waals surface area contributed by atoms with E-state index in [0.717, 1.165) is 0 Å². The highest BCUT2D eigenvalue weighted by Gasteiger charge is 2.21. The average molecular weight is 270 g/mol. The smallest absolute Gasteiger partial charge is 0.329 e. The molecule has 0 aromatic carbocycles. The minimum Gasteiger partial charge on any atom is -0.329 e. The van der Waals surface area contributed by atoms with Crippen molar-refractivity contribution in [3.05, 3.63) is 17.0 Å². The third kappa shape index (κ3) is 3.28. The summed E-state index contributed by atoms with van der Waals surface area (Å²) in [7, 11) is 0. The van der Waals surface area contributed by atoms with E-state index >= 15 is 0 Å². The molecule has 0 aliphatic rings. The average Bonchev–Trinajstić information content (AvgIpc) is 2.63. The van der Waals surface area contributed by atoms with E-state index in [2.05, 4.69) is 5.10 Å². The van der Waals surface area contributed by atoms with E-state index in [-0.39, 0.29) is 24.6 Å². The number of halogens is 2. The van der Waals surface area contributed by atoms with Crippen molar-refractivity contribution in [3.63, 3.8) is 0 Å². The molecular weight excluding hydrogens is 254 g/mol. The molecule has 0 spiro atoms. The van der Waals surface area contributed by atoms with Crippen LogP contribution in [0.1, 0.15) is 30.4 Å². The lowest BCUT2D eigenvalue weighted by Crippen LogP contribution is -2.32. The first kappa shape index (κ1) is 15.1. The van der Waals surface area contributed by atoms with Crippen LogP contribution in [0, 0.1) is 25.2 Å². The minimum atomic E-state index is -2.72. The Morgan fingerprint density at radius 2 is 2.16 bits per heavy atom. The molecule has 1 aromatic rings. The summed E-state index contributed by atoms with van der Waals surface area (Å²) in [5, 5.41) is 12.3. The van der Waals surface area contributed by atoms with Crippen molar-refractivity contribution in [2.45, 2.75) is 33.7 Å². The molecule has 0 radical (unpaired) electrons. The van der Waals surface area contributed by atoms with Crippen molar-refractivity contribution < 1.29 is 13.6 Å². The second-order valence-electron chi connectivity index (χ2n) is 4.11. The third-order valence-electron chi connectivity index (χ3n) is 2.98. The van der Waals surface area contributed by atoms with E-state index in [1.54, 1.807) is 13.8 Å². The van der Waals surface area contributed by atoms with E-state index in [1.165, 1.54) is 11.8 Å². The van der Waals surface area contributed by atoms with Crippen LogP contribution in [0.3, 0.4) is 0 Å². The molecule has 0 atom stereocenters. The number of alkyl halides is 2. The zero-order valence-corrected chi connectivity index (χ0v) is 11.2. The Bertz CT molecular complexity index is 505. The summed E-state index contributed by atoms with van der Waals surface area (Å²) in [6, 6.07) is 1.90. The molecule has 0 bridgehead atoms. The fourth-order valence-electron chi connectivity index (χ4n) is 1.87. The van der Waals surface area contributed by atoms with E-state index in [0.29, 0.717) is 22.5 Å². The van der Waals surface area contributed by atoms with Gasteiger partial charge in [0.2, 0.25) is 5.91 Å². The number of hydrogen-bond acceptors (Lipinski definition) is 3. The zero-order valence-electron chi connectivity index (χ0n) is 11.2. The number of carbonyl (C=O) groups is 1. The van der Waals surface area contributed by atoms with Gasteiger partial charge in [-0.05, 0) is 20.8 Å². The highest BCUT2D eigenvalue weighted by Crippen LogP contribution is 2.20. The van der Waals surface area contributed by atoms with Gasteiger partial charge < -0.3 is 4.90 Å². The van der Waals surface area contributed by atoms with Gasteiger partial charge in [0.05, 0.1) is 18.2 Å². The van der Waals surface area contributed by atoms with Crippen LogP contribution in [0.5, 0.6) is 0 Å². The number of aromatic nitrogens is 2. The zero-order chi connectivity index (χ0) is 14.6. The van der Waals surface area contributed by atoms with Gasteiger partial charge in [0.1, 0.15) is 6.54 Å². The summed E-state index contributed by atoms with van der Waals surface area (Å²) < 4.78 is 25.9. The molecule has 0 aliphatic carbocycles. The fraction of sp³-hybridized carbons (Fsp3) is 0.583. The van der Waals surface area contributed by atoms with Crippen LogP contribution in [0.15, 0.2) is 0 Å². The van der Waals surface area contributed by atoms with Gasteiger partial charge in [-0.1, -0.05) is 0 Å². The molecule has 0 N–H and O–H groups in total. The number of hydrogen-bond donors (Lipinski definition) is 0. The van der Waals surface area contributed by atoms with Crippen molar-refractivity contribution in [3.8, 4) is 6.07 Å². The first-order valence-electron chi connectivity index (χ1n) is 5.89. The van der Waals surface area contributed by atoms with E-state index in [1.807, 2.05) is 6.07 Å². The highest BCUT2D eigenvalue weighted by molar-refractivity contribution is 5.79.